The second-order valence-corrected chi connectivity index (χ2v) is 6.14. The number of nitrogens with one attached hydrogen (secondary N) is 1. The van der Waals surface area contributed by atoms with Crippen molar-refractivity contribution in [3.8, 4) is 0 Å². The second-order valence-electron chi connectivity index (χ2n) is 2.40. The minimum Gasteiger partial charge on any atom is -0.342 e. The van der Waals surface area contributed by atoms with E-state index in [4.69, 9.17) is 0 Å². The normalized spacial score (nSPS) is 9.65. The minimum absolute atomic E-state index is 1.06. The van der Waals surface area contributed by atoms with E-state index in [1.807, 2.05) is 30.3 Å². The van der Waals surface area contributed by atoms with Crippen molar-refractivity contribution in [2.24, 2.45) is 5.73 Å². The third kappa shape index (κ3) is 7.00. The molecule has 0 saturated heterocycles. The Balaban J connectivity index is 2.05. The summed E-state index contributed by atoms with van der Waals surface area (Å²) in [5, 5.41) is 0. The molecule has 0 spiro atoms. The van der Waals surface area contributed by atoms with Crippen molar-refractivity contribution >= 4 is 43.8 Å². The van der Waals surface area contributed by atoms with Crippen molar-refractivity contribution in [3.05, 3.63) is 30.3 Å². The Morgan fingerprint density at radius 2 is 1.94 bits per heavy atom. The van der Waals surface area contributed by atoms with Crippen molar-refractivity contribution in [1.82, 2.24) is 4.89 Å². The number of rotatable bonds is 5. The number of carbonyl (C=O) groups is 2. The molecule has 6 nitrogen and oxygen atoms in total. The standard InChI is InChI=1S/C8H8N2O4S3/c9-7(11)13-8(12)14-10-16-17-15-6-4-2-1-3-5-6/h1-5,10H,(H2,9,11). The molecule has 92 valence electrons. The van der Waals surface area contributed by atoms with Crippen molar-refractivity contribution in [1.29, 1.82) is 0 Å². The maximum absolute atomic E-state index is 10.6. The Morgan fingerprint density at radius 3 is 2.59 bits per heavy atom. The van der Waals surface area contributed by atoms with Gasteiger partial charge in [-0.15, -0.1) is 0 Å². The summed E-state index contributed by atoms with van der Waals surface area (Å²) in [6, 6.07) is 9.65. The molecular weight excluding hydrogens is 284 g/mol. The van der Waals surface area contributed by atoms with E-state index in [2.05, 4.69) is 20.2 Å². The van der Waals surface area contributed by atoms with Gasteiger partial charge in [0.15, 0.2) is 0 Å². The molecule has 1 aromatic rings. The Bertz CT molecular complexity index is 376. The zero-order chi connectivity index (χ0) is 12.5. The first-order chi connectivity index (χ1) is 8.18. The fourth-order valence-electron chi connectivity index (χ4n) is 0.700. The molecule has 0 aliphatic carbocycles. The Morgan fingerprint density at radius 1 is 1.24 bits per heavy atom. The highest BCUT2D eigenvalue weighted by atomic mass is 33.5. The van der Waals surface area contributed by atoms with Crippen LogP contribution < -0.4 is 10.6 Å². The van der Waals surface area contributed by atoms with E-state index in [0.29, 0.717) is 0 Å². The van der Waals surface area contributed by atoms with Crippen molar-refractivity contribution in [2.45, 2.75) is 4.90 Å². The van der Waals surface area contributed by atoms with Gasteiger partial charge in [0, 0.05) is 15.9 Å². The summed E-state index contributed by atoms with van der Waals surface area (Å²) in [7, 11) is 3.88. The van der Waals surface area contributed by atoms with Gasteiger partial charge < -0.3 is 15.3 Å². The molecule has 0 atom stereocenters. The first-order valence-corrected chi connectivity index (χ1v) is 7.65. The Labute approximate surface area is 109 Å². The van der Waals surface area contributed by atoms with Gasteiger partial charge in [-0.25, -0.2) is 9.59 Å². The van der Waals surface area contributed by atoms with Crippen LogP contribution in [0.15, 0.2) is 35.2 Å². The van der Waals surface area contributed by atoms with Crippen LogP contribution in [-0.4, -0.2) is 12.2 Å². The molecule has 0 fully saturated rings. The number of ether oxygens (including phenoxy) is 1. The molecule has 9 heteroatoms. The van der Waals surface area contributed by atoms with Crippen molar-refractivity contribution < 1.29 is 19.2 Å². The minimum atomic E-state index is -1.21. The van der Waals surface area contributed by atoms with E-state index >= 15 is 0 Å². The fraction of sp³-hybridized carbons (Fsp3) is 0. The summed E-state index contributed by atoms with van der Waals surface area (Å²) in [6.45, 7) is 0. The van der Waals surface area contributed by atoms with E-state index < -0.39 is 12.2 Å². The van der Waals surface area contributed by atoms with Crippen LogP contribution in [0.4, 0.5) is 9.59 Å². The lowest BCUT2D eigenvalue weighted by molar-refractivity contribution is 0.0653. The van der Waals surface area contributed by atoms with Crippen molar-refractivity contribution in [3.63, 3.8) is 0 Å². The van der Waals surface area contributed by atoms with Crippen LogP contribution >= 0.6 is 31.6 Å². The topological polar surface area (TPSA) is 90.7 Å². The lowest BCUT2D eigenvalue weighted by Crippen LogP contribution is -2.22. The molecule has 3 N–H and O–H groups in total. The average Bonchev–Trinajstić information content (AvgIpc) is 2.29. The number of benzene rings is 1. The average molecular weight is 292 g/mol. The molecule has 1 aromatic carbocycles. The van der Waals surface area contributed by atoms with Gasteiger partial charge in [0.2, 0.25) is 0 Å². The van der Waals surface area contributed by atoms with Gasteiger partial charge >= 0.3 is 12.2 Å². The molecule has 17 heavy (non-hydrogen) atoms. The lowest BCUT2D eigenvalue weighted by Gasteiger charge is -2.02. The van der Waals surface area contributed by atoms with E-state index in [-0.39, 0.29) is 0 Å². The van der Waals surface area contributed by atoms with E-state index in [1.54, 1.807) is 0 Å². The molecule has 0 heterocycles. The molecule has 0 unspecified atom stereocenters. The highest BCUT2D eigenvalue weighted by Gasteiger charge is 2.07. The van der Waals surface area contributed by atoms with E-state index in [0.717, 1.165) is 15.9 Å². The van der Waals surface area contributed by atoms with Gasteiger partial charge in [-0.05, 0) is 32.8 Å². The van der Waals surface area contributed by atoms with Crippen LogP contribution in [-0.2, 0) is 9.57 Å². The molecule has 0 aliphatic rings. The van der Waals surface area contributed by atoms with Gasteiger partial charge in [0.1, 0.15) is 0 Å². The first-order valence-electron chi connectivity index (χ1n) is 4.17. The SMILES string of the molecule is NC(=O)OC(=O)ONSSSc1ccccc1. The molecule has 1 rings (SSSR count). The molecule has 0 saturated carbocycles. The van der Waals surface area contributed by atoms with Gasteiger partial charge in [-0.3, -0.25) is 0 Å². The molecule has 1 amide bonds. The third-order valence-electron chi connectivity index (χ3n) is 1.25. The molecule has 0 bridgehead atoms. The maximum Gasteiger partial charge on any atom is 0.537 e. The van der Waals surface area contributed by atoms with Crippen LogP contribution in [0.1, 0.15) is 0 Å². The highest BCUT2D eigenvalue weighted by molar-refractivity contribution is 9.09. The van der Waals surface area contributed by atoms with Crippen LogP contribution in [0, 0.1) is 0 Å². The van der Waals surface area contributed by atoms with Crippen LogP contribution in [0.25, 0.3) is 0 Å². The maximum atomic E-state index is 10.6. The van der Waals surface area contributed by atoms with Gasteiger partial charge in [-0.2, -0.15) is 0 Å². The van der Waals surface area contributed by atoms with Crippen LogP contribution in [0.5, 0.6) is 0 Å². The van der Waals surface area contributed by atoms with Crippen LogP contribution in [0.2, 0.25) is 0 Å². The molecular formula is C8H8N2O4S3. The highest BCUT2D eigenvalue weighted by Crippen LogP contribution is 2.38. The van der Waals surface area contributed by atoms with Gasteiger partial charge in [0.05, 0.1) is 0 Å². The number of amides is 1. The van der Waals surface area contributed by atoms with Gasteiger partial charge in [-0.1, -0.05) is 23.1 Å². The summed E-state index contributed by atoms with van der Waals surface area (Å²) in [5.74, 6) is 0. The first kappa shape index (κ1) is 14.0. The largest absolute Gasteiger partial charge is 0.537 e. The molecule has 0 radical (unpaired) electrons. The summed E-state index contributed by atoms with van der Waals surface area (Å²) >= 11 is 0. The predicted octanol–water partition coefficient (Wildman–Crippen LogP) is 2.73. The zero-order valence-corrected chi connectivity index (χ0v) is 10.8. The number of carbonyl (C=O) groups excluding carboxylic acids is 2. The smallest absolute Gasteiger partial charge is 0.342 e. The van der Waals surface area contributed by atoms with Gasteiger partial charge in [0.25, 0.3) is 0 Å². The number of hydrogen-bond donors (Lipinski definition) is 2. The van der Waals surface area contributed by atoms with Crippen LogP contribution in [0.3, 0.4) is 0 Å². The monoisotopic (exact) mass is 292 g/mol. The summed E-state index contributed by atoms with van der Waals surface area (Å²) in [4.78, 5) is 28.4. The Hall–Kier alpha value is -1.03. The number of hydrogen-bond acceptors (Lipinski definition) is 8. The summed E-state index contributed by atoms with van der Waals surface area (Å²) < 4.78 is 3.90. The fourth-order valence-corrected chi connectivity index (χ4v) is 3.33. The predicted molar refractivity (Wildman–Crippen MR) is 67.8 cm³/mol. The molecule has 0 aromatic heterocycles. The number of primary amides is 1. The third-order valence-corrected chi connectivity index (χ3v) is 4.42. The summed E-state index contributed by atoms with van der Waals surface area (Å²) in [5.41, 5.74) is 4.59. The quantitative estimate of drug-likeness (QED) is 0.214. The molecule has 0 aliphatic heterocycles. The summed E-state index contributed by atoms with van der Waals surface area (Å²) in [6.07, 6.45) is -2.41. The second kappa shape index (κ2) is 8.12. The Kier molecular flexibility index (Phi) is 6.70. The van der Waals surface area contributed by atoms with Crippen molar-refractivity contribution in [2.75, 3.05) is 0 Å². The number of nitrogens with two attached hydrogens (primary N) is 1. The zero-order valence-electron chi connectivity index (χ0n) is 8.32. The van der Waals surface area contributed by atoms with E-state index in [9.17, 15) is 9.59 Å². The van der Waals surface area contributed by atoms with E-state index in [1.165, 1.54) is 20.6 Å². The lowest BCUT2D eigenvalue weighted by atomic mass is 10.4.